The molecule has 13 aromatic carbocycles. The third kappa shape index (κ3) is 5.71. The lowest BCUT2D eigenvalue weighted by molar-refractivity contribution is 0.668. The van der Waals surface area contributed by atoms with Gasteiger partial charge >= 0.3 is 0 Å². The number of furan rings is 2. The summed E-state index contributed by atoms with van der Waals surface area (Å²) in [4.78, 5) is 4.82. The van der Waals surface area contributed by atoms with Crippen LogP contribution in [0.1, 0.15) is 22.3 Å². The normalized spacial score (nSPS) is 13.0. The minimum absolute atomic E-state index is 0.715. The van der Waals surface area contributed by atoms with Crippen molar-refractivity contribution in [3.63, 3.8) is 0 Å². The van der Waals surface area contributed by atoms with E-state index in [0.717, 1.165) is 83.4 Å². The second-order valence-electron chi connectivity index (χ2n) is 20.6. The summed E-state index contributed by atoms with van der Waals surface area (Å²) in [5, 5.41) is 11.6. The molecule has 0 aliphatic heterocycles. The quantitative estimate of drug-likeness (QED) is 0.155. The minimum Gasteiger partial charge on any atom is -0.454 e. The van der Waals surface area contributed by atoms with E-state index in [4.69, 9.17) is 8.83 Å². The molecule has 0 saturated heterocycles. The van der Waals surface area contributed by atoms with Crippen molar-refractivity contribution in [2.45, 2.75) is 5.41 Å². The largest absolute Gasteiger partial charge is 0.454 e. The Morgan fingerprint density at radius 1 is 0.260 bits per heavy atom. The van der Waals surface area contributed by atoms with Gasteiger partial charge in [0.15, 0.2) is 11.2 Å². The first-order valence-corrected chi connectivity index (χ1v) is 26.5. The molecule has 2 aliphatic rings. The van der Waals surface area contributed by atoms with E-state index >= 15 is 0 Å². The smallest absolute Gasteiger partial charge is 0.159 e. The molecule has 2 aliphatic carbocycles. The molecule has 1 spiro atoms. The van der Waals surface area contributed by atoms with E-state index in [-0.39, 0.29) is 0 Å². The Balaban J connectivity index is 1.00. The van der Waals surface area contributed by atoms with Crippen LogP contribution in [0.2, 0.25) is 0 Å². The summed E-state index contributed by atoms with van der Waals surface area (Å²) in [7, 11) is 0. The van der Waals surface area contributed by atoms with Gasteiger partial charge in [0.25, 0.3) is 0 Å². The van der Waals surface area contributed by atoms with Crippen LogP contribution in [0, 0.1) is 0 Å². The van der Waals surface area contributed by atoms with E-state index in [1.807, 2.05) is 6.07 Å². The second kappa shape index (κ2) is 15.9. The molecule has 0 atom stereocenters. The van der Waals surface area contributed by atoms with Crippen LogP contribution in [0.25, 0.3) is 98.4 Å². The highest BCUT2D eigenvalue weighted by molar-refractivity contribution is 6.25. The van der Waals surface area contributed by atoms with Crippen LogP contribution in [0.5, 0.6) is 0 Å². The summed E-state index contributed by atoms with van der Waals surface area (Å²) in [6.07, 6.45) is 0. The minimum atomic E-state index is -0.715. The summed E-state index contributed by atoms with van der Waals surface area (Å²) in [6, 6.07) is 97.7. The van der Waals surface area contributed by atoms with Gasteiger partial charge in [0.1, 0.15) is 11.2 Å². The van der Waals surface area contributed by atoms with Crippen molar-refractivity contribution in [1.29, 1.82) is 0 Å². The molecule has 0 fully saturated rings. The van der Waals surface area contributed by atoms with Gasteiger partial charge in [-0.15, -0.1) is 0 Å². The molecule has 0 radical (unpaired) electrons. The van der Waals surface area contributed by atoms with Crippen molar-refractivity contribution >= 4 is 110 Å². The van der Waals surface area contributed by atoms with E-state index < -0.39 is 5.41 Å². The Bertz CT molecular complexity index is 4910. The number of anilines is 6. The first-order valence-electron chi connectivity index (χ1n) is 26.5. The number of hydrogen-bond acceptors (Lipinski definition) is 4. The fourth-order valence-corrected chi connectivity index (χ4v) is 13.8. The molecule has 0 bridgehead atoms. The predicted molar refractivity (Wildman–Crippen MR) is 319 cm³/mol. The van der Waals surface area contributed by atoms with Gasteiger partial charge in [0.05, 0.1) is 22.5 Å². The molecule has 0 amide bonds. The summed E-state index contributed by atoms with van der Waals surface area (Å²) in [6.45, 7) is 0. The summed E-state index contributed by atoms with van der Waals surface area (Å²) in [5.74, 6) is 0. The number of para-hydroxylation sites is 6. The SMILES string of the molecule is c1ccc(N(c2ccc3c4c(c5ccccc5c3c2)-c2c(cc(N(c3ccccc3)c3cccc5c3oc3ccccc35)c3ccccc23)C42c3ccccc3-c3ccccc32)c2cccc3c2oc2ccccc23)cc1. The molecule has 2 aromatic heterocycles. The molecule has 15 aromatic rings. The zero-order chi connectivity index (χ0) is 50.3. The Labute approximate surface area is 443 Å². The number of nitrogens with zero attached hydrogens (tertiary/aromatic N) is 2. The van der Waals surface area contributed by atoms with Gasteiger partial charge in [0.2, 0.25) is 0 Å². The van der Waals surface area contributed by atoms with Crippen LogP contribution in [-0.2, 0) is 5.41 Å². The zero-order valence-corrected chi connectivity index (χ0v) is 41.6. The maximum atomic E-state index is 6.91. The van der Waals surface area contributed by atoms with Crippen LogP contribution >= 0.6 is 0 Å². The first-order chi connectivity index (χ1) is 38.2. The van der Waals surface area contributed by atoms with Crippen LogP contribution in [0.3, 0.4) is 0 Å². The first kappa shape index (κ1) is 42.2. The molecule has 17 rings (SSSR count). The molecule has 2 heterocycles. The van der Waals surface area contributed by atoms with E-state index in [1.54, 1.807) is 0 Å². The Hall–Kier alpha value is -10.2. The second-order valence-corrected chi connectivity index (χ2v) is 20.6. The number of hydrogen-bond donors (Lipinski definition) is 0. The van der Waals surface area contributed by atoms with Crippen LogP contribution in [0.15, 0.2) is 276 Å². The van der Waals surface area contributed by atoms with Crippen LogP contribution in [-0.4, -0.2) is 0 Å². The summed E-state index contributed by atoms with van der Waals surface area (Å²) >= 11 is 0. The van der Waals surface area contributed by atoms with Gasteiger partial charge in [-0.25, -0.2) is 0 Å². The summed E-state index contributed by atoms with van der Waals surface area (Å²) < 4.78 is 13.7. The lowest BCUT2D eigenvalue weighted by Crippen LogP contribution is -2.26. The highest BCUT2D eigenvalue weighted by atomic mass is 16.3. The highest BCUT2D eigenvalue weighted by Gasteiger charge is 2.54. The number of benzene rings is 13. The molecular weight excluding hydrogens is 937 g/mol. The average molecular weight is 981 g/mol. The molecule has 4 nitrogen and oxygen atoms in total. The fraction of sp³-hybridized carbons (Fsp3) is 0.0137. The van der Waals surface area contributed by atoms with Gasteiger partial charge in [-0.05, 0) is 138 Å². The Morgan fingerprint density at radius 2 is 0.727 bits per heavy atom. The van der Waals surface area contributed by atoms with Gasteiger partial charge in [-0.1, -0.05) is 200 Å². The van der Waals surface area contributed by atoms with E-state index in [9.17, 15) is 0 Å². The monoisotopic (exact) mass is 980 g/mol. The third-order valence-electron chi connectivity index (χ3n) is 16.8. The van der Waals surface area contributed by atoms with E-state index in [1.165, 1.54) is 71.4 Å². The molecule has 0 saturated carbocycles. The van der Waals surface area contributed by atoms with E-state index in [2.05, 4.69) is 271 Å². The molecule has 4 heteroatoms. The summed E-state index contributed by atoms with van der Waals surface area (Å²) in [5.41, 5.74) is 19.2. The van der Waals surface area contributed by atoms with Crippen LogP contribution in [0.4, 0.5) is 34.1 Å². The van der Waals surface area contributed by atoms with Crippen molar-refractivity contribution in [1.82, 2.24) is 0 Å². The van der Waals surface area contributed by atoms with Crippen molar-refractivity contribution in [3.05, 3.63) is 289 Å². The highest BCUT2D eigenvalue weighted by Crippen LogP contribution is 2.67. The molecule has 0 N–H and O–H groups in total. The van der Waals surface area contributed by atoms with Crippen molar-refractivity contribution in [3.8, 4) is 22.3 Å². The standard InChI is InChI=1S/C73H44N2O2/c1-3-21-45(22-4-1)74(63-37-19-33-57-52-29-13-17-39-66(52)76-71(57)63)47-41-42-56-59(43-47)48-25-7-9-31-54(48)69-68-55-32-10-8-28-51(55)65(44-62(68)73(70(56)69)60-35-15-11-26-49(60)50-27-12-16-36-61(50)73)75(46-23-5-2-6-24-46)64-38-20-34-58-53-30-14-18-40-67(53)77-72(58)64/h1-44H. The molecule has 77 heavy (non-hydrogen) atoms. The average Bonchev–Trinajstić information content (AvgIpc) is 3.99. The molecular formula is C73H44N2O2. The van der Waals surface area contributed by atoms with Gasteiger partial charge in [-0.2, -0.15) is 0 Å². The number of fused-ring (bicyclic) bond motifs is 23. The Morgan fingerprint density at radius 3 is 1.34 bits per heavy atom. The van der Waals surface area contributed by atoms with Gasteiger partial charge in [0, 0.05) is 44.0 Å². The van der Waals surface area contributed by atoms with E-state index in [0.29, 0.717) is 0 Å². The Kier molecular flexibility index (Phi) is 8.73. The van der Waals surface area contributed by atoms with Crippen LogP contribution < -0.4 is 9.80 Å². The third-order valence-corrected chi connectivity index (χ3v) is 16.8. The lowest BCUT2D eigenvalue weighted by atomic mass is 9.69. The van der Waals surface area contributed by atoms with Gasteiger partial charge < -0.3 is 18.6 Å². The maximum absolute atomic E-state index is 6.91. The molecule has 0 unspecified atom stereocenters. The fourth-order valence-electron chi connectivity index (χ4n) is 13.8. The van der Waals surface area contributed by atoms with Crippen molar-refractivity contribution in [2.24, 2.45) is 0 Å². The number of rotatable bonds is 6. The van der Waals surface area contributed by atoms with Gasteiger partial charge in [-0.3, -0.25) is 0 Å². The van der Waals surface area contributed by atoms with Crippen molar-refractivity contribution < 1.29 is 8.83 Å². The lowest BCUT2D eigenvalue weighted by Gasteiger charge is -2.34. The maximum Gasteiger partial charge on any atom is 0.159 e. The topological polar surface area (TPSA) is 32.8 Å². The predicted octanol–water partition coefficient (Wildman–Crippen LogP) is 20.2. The zero-order valence-electron chi connectivity index (χ0n) is 41.6. The van der Waals surface area contributed by atoms with Crippen molar-refractivity contribution in [2.75, 3.05) is 9.80 Å². The molecule has 358 valence electrons.